The van der Waals surface area contributed by atoms with Crippen molar-refractivity contribution < 1.29 is 4.74 Å². The van der Waals surface area contributed by atoms with E-state index in [0.29, 0.717) is 12.6 Å². The monoisotopic (exact) mass is 283 g/mol. The van der Waals surface area contributed by atoms with Gasteiger partial charge in [0.25, 0.3) is 0 Å². The number of para-hydroxylation sites is 1. The van der Waals surface area contributed by atoms with E-state index < -0.39 is 0 Å². The molecule has 1 atom stereocenters. The number of aryl methyl sites for hydroxylation is 1. The van der Waals surface area contributed by atoms with Crippen LogP contribution in [-0.4, -0.2) is 6.04 Å². The SMILES string of the molecule is CC[C@@H](C)NCc1ccccc1OCc1cccc(C)c1. The Morgan fingerprint density at radius 2 is 1.90 bits per heavy atom. The van der Waals surface area contributed by atoms with Gasteiger partial charge in [-0.25, -0.2) is 0 Å². The molecule has 0 aliphatic rings. The molecule has 0 unspecified atom stereocenters. The lowest BCUT2D eigenvalue weighted by Crippen LogP contribution is -2.24. The zero-order valence-electron chi connectivity index (χ0n) is 13.2. The fraction of sp³-hybridized carbons (Fsp3) is 0.368. The summed E-state index contributed by atoms with van der Waals surface area (Å²) in [4.78, 5) is 0. The lowest BCUT2D eigenvalue weighted by atomic mass is 10.1. The molecular weight excluding hydrogens is 258 g/mol. The molecule has 2 aromatic rings. The van der Waals surface area contributed by atoms with Crippen molar-refractivity contribution >= 4 is 0 Å². The van der Waals surface area contributed by atoms with Crippen LogP contribution in [0.5, 0.6) is 5.75 Å². The Morgan fingerprint density at radius 1 is 1.10 bits per heavy atom. The number of rotatable bonds is 7. The zero-order chi connectivity index (χ0) is 15.1. The van der Waals surface area contributed by atoms with Gasteiger partial charge in [0.15, 0.2) is 0 Å². The maximum Gasteiger partial charge on any atom is 0.124 e. The van der Waals surface area contributed by atoms with Crippen LogP contribution >= 0.6 is 0 Å². The number of benzene rings is 2. The van der Waals surface area contributed by atoms with Crippen molar-refractivity contribution in [1.82, 2.24) is 5.32 Å². The third kappa shape index (κ3) is 4.91. The van der Waals surface area contributed by atoms with Crippen LogP contribution in [-0.2, 0) is 13.2 Å². The minimum Gasteiger partial charge on any atom is -0.489 e. The van der Waals surface area contributed by atoms with E-state index in [9.17, 15) is 0 Å². The molecule has 0 fully saturated rings. The van der Waals surface area contributed by atoms with Gasteiger partial charge in [-0.2, -0.15) is 0 Å². The zero-order valence-corrected chi connectivity index (χ0v) is 13.2. The highest BCUT2D eigenvalue weighted by Crippen LogP contribution is 2.19. The van der Waals surface area contributed by atoms with Gasteiger partial charge in [0, 0.05) is 18.2 Å². The topological polar surface area (TPSA) is 21.3 Å². The molecule has 2 heteroatoms. The quantitative estimate of drug-likeness (QED) is 0.810. The molecule has 1 N–H and O–H groups in total. The van der Waals surface area contributed by atoms with E-state index in [1.54, 1.807) is 0 Å². The second kappa shape index (κ2) is 7.84. The van der Waals surface area contributed by atoms with E-state index in [-0.39, 0.29) is 0 Å². The van der Waals surface area contributed by atoms with Crippen LogP contribution in [0.3, 0.4) is 0 Å². The summed E-state index contributed by atoms with van der Waals surface area (Å²) < 4.78 is 6.00. The summed E-state index contributed by atoms with van der Waals surface area (Å²) >= 11 is 0. The smallest absolute Gasteiger partial charge is 0.124 e. The maximum absolute atomic E-state index is 6.00. The van der Waals surface area contributed by atoms with Crippen LogP contribution in [0, 0.1) is 6.92 Å². The number of ether oxygens (including phenoxy) is 1. The van der Waals surface area contributed by atoms with E-state index in [4.69, 9.17) is 4.74 Å². The third-order valence-electron chi connectivity index (χ3n) is 3.70. The largest absolute Gasteiger partial charge is 0.489 e. The van der Waals surface area contributed by atoms with Crippen LogP contribution in [0.4, 0.5) is 0 Å². The maximum atomic E-state index is 6.00. The highest BCUT2D eigenvalue weighted by molar-refractivity contribution is 5.33. The Balaban J connectivity index is 1.99. The number of hydrogen-bond donors (Lipinski definition) is 1. The first-order valence-corrected chi connectivity index (χ1v) is 7.68. The van der Waals surface area contributed by atoms with Crippen LogP contribution in [0.1, 0.15) is 37.0 Å². The highest BCUT2D eigenvalue weighted by atomic mass is 16.5. The van der Waals surface area contributed by atoms with Crippen LogP contribution in [0.15, 0.2) is 48.5 Å². The normalized spacial score (nSPS) is 12.1. The molecule has 0 aromatic heterocycles. The summed E-state index contributed by atoms with van der Waals surface area (Å²) in [5.41, 5.74) is 3.69. The standard InChI is InChI=1S/C19H25NO/c1-4-16(3)20-13-18-10-5-6-11-19(18)21-14-17-9-7-8-15(2)12-17/h5-12,16,20H,4,13-14H2,1-3H3/t16-/m1/s1. The molecule has 0 saturated heterocycles. The Kier molecular flexibility index (Phi) is 5.82. The second-order valence-electron chi connectivity index (χ2n) is 5.58. The molecule has 112 valence electrons. The van der Waals surface area contributed by atoms with E-state index in [0.717, 1.165) is 18.7 Å². The lowest BCUT2D eigenvalue weighted by molar-refractivity contribution is 0.301. The minimum absolute atomic E-state index is 0.523. The van der Waals surface area contributed by atoms with Gasteiger partial charge in [0.05, 0.1) is 0 Å². The summed E-state index contributed by atoms with van der Waals surface area (Å²) in [5.74, 6) is 0.967. The molecule has 21 heavy (non-hydrogen) atoms. The van der Waals surface area contributed by atoms with Gasteiger partial charge in [0.2, 0.25) is 0 Å². The first-order chi connectivity index (χ1) is 10.2. The van der Waals surface area contributed by atoms with Crippen molar-refractivity contribution in [3.8, 4) is 5.75 Å². The highest BCUT2D eigenvalue weighted by Gasteiger charge is 2.05. The van der Waals surface area contributed by atoms with Crippen molar-refractivity contribution in [1.29, 1.82) is 0 Å². The van der Waals surface area contributed by atoms with E-state index in [2.05, 4.69) is 62.5 Å². The van der Waals surface area contributed by atoms with Gasteiger partial charge >= 0.3 is 0 Å². The Morgan fingerprint density at radius 3 is 2.67 bits per heavy atom. The molecule has 0 saturated carbocycles. The molecule has 0 aliphatic carbocycles. The van der Waals surface area contributed by atoms with Gasteiger partial charge in [-0.15, -0.1) is 0 Å². The first kappa shape index (κ1) is 15.6. The van der Waals surface area contributed by atoms with Gasteiger partial charge in [-0.3, -0.25) is 0 Å². The minimum atomic E-state index is 0.523. The van der Waals surface area contributed by atoms with Crippen molar-refractivity contribution in [2.45, 2.75) is 46.4 Å². The van der Waals surface area contributed by atoms with Crippen molar-refractivity contribution in [3.63, 3.8) is 0 Å². The molecule has 2 aromatic carbocycles. The molecule has 0 spiro atoms. The molecule has 2 nitrogen and oxygen atoms in total. The summed E-state index contributed by atoms with van der Waals surface area (Å²) in [7, 11) is 0. The molecular formula is C19H25NO. The van der Waals surface area contributed by atoms with Gasteiger partial charge in [-0.1, -0.05) is 55.0 Å². The van der Waals surface area contributed by atoms with Crippen molar-refractivity contribution in [2.24, 2.45) is 0 Å². The van der Waals surface area contributed by atoms with Gasteiger partial charge in [0.1, 0.15) is 12.4 Å². The third-order valence-corrected chi connectivity index (χ3v) is 3.70. The average Bonchev–Trinajstić information content (AvgIpc) is 2.51. The van der Waals surface area contributed by atoms with Gasteiger partial charge < -0.3 is 10.1 Å². The number of hydrogen-bond acceptors (Lipinski definition) is 2. The molecule has 0 bridgehead atoms. The van der Waals surface area contributed by atoms with E-state index in [1.165, 1.54) is 16.7 Å². The predicted octanol–water partition coefficient (Wildman–Crippen LogP) is 4.46. The molecule has 0 radical (unpaired) electrons. The first-order valence-electron chi connectivity index (χ1n) is 7.68. The average molecular weight is 283 g/mol. The molecule has 2 rings (SSSR count). The molecule has 0 heterocycles. The van der Waals surface area contributed by atoms with Crippen LogP contribution in [0.2, 0.25) is 0 Å². The van der Waals surface area contributed by atoms with Crippen LogP contribution in [0.25, 0.3) is 0 Å². The van der Waals surface area contributed by atoms with Crippen molar-refractivity contribution in [3.05, 3.63) is 65.2 Å². The van der Waals surface area contributed by atoms with E-state index >= 15 is 0 Å². The molecule has 0 amide bonds. The summed E-state index contributed by atoms with van der Waals surface area (Å²) in [5, 5.41) is 3.52. The summed E-state index contributed by atoms with van der Waals surface area (Å²) in [6.45, 7) is 7.96. The Labute approximate surface area is 128 Å². The summed E-state index contributed by atoms with van der Waals surface area (Å²) in [6, 6.07) is 17.2. The van der Waals surface area contributed by atoms with Crippen molar-refractivity contribution in [2.75, 3.05) is 0 Å². The molecule has 0 aliphatic heterocycles. The van der Waals surface area contributed by atoms with E-state index in [1.807, 2.05) is 12.1 Å². The fourth-order valence-corrected chi connectivity index (χ4v) is 2.18. The Hall–Kier alpha value is -1.80. The number of nitrogens with one attached hydrogen (secondary N) is 1. The predicted molar refractivity (Wildman–Crippen MR) is 88.5 cm³/mol. The Bertz CT molecular complexity index is 565. The second-order valence-corrected chi connectivity index (χ2v) is 5.58. The van der Waals surface area contributed by atoms with Gasteiger partial charge in [-0.05, 0) is 31.9 Å². The lowest BCUT2D eigenvalue weighted by Gasteiger charge is -2.15. The van der Waals surface area contributed by atoms with Crippen LogP contribution < -0.4 is 10.1 Å². The fourth-order valence-electron chi connectivity index (χ4n) is 2.18. The summed E-state index contributed by atoms with van der Waals surface area (Å²) in [6.07, 6.45) is 1.13.